The first-order chi connectivity index (χ1) is 12.2. The molecule has 1 N–H and O–H groups in total. The van der Waals surface area contributed by atoms with Gasteiger partial charge < -0.3 is 10.1 Å². The standard InChI is InChI=1S/C20H23ClN2O2/c21-19-9-5-4-8-18(19)20(24)22-15-17(23-10-12-25-13-11-23)14-16-6-2-1-3-7-16/h1-9,17H,10-15H2,(H,22,24). The minimum Gasteiger partial charge on any atom is -0.379 e. The van der Waals surface area contributed by atoms with Gasteiger partial charge in [0.25, 0.3) is 5.91 Å². The third kappa shape index (κ3) is 5.05. The van der Waals surface area contributed by atoms with E-state index in [1.165, 1.54) is 5.56 Å². The van der Waals surface area contributed by atoms with Gasteiger partial charge in [-0.25, -0.2) is 0 Å². The topological polar surface area (TPSA) is 41.6 Å². The maximum Gasteiger partial charge on any atom is 0.252 e. The zero-order chi connectivity index (χ0) is 17.5. The number of carbonyl (C=O) groups is 1. The van der Waals surface area contributed by atoms with Crippen LogP contribution in [0, 0.1) is 0 Å². The van der Waals surface area contributed by atoms with Gasteiger partial charge in [0.1, 0.15) is 0 Å². The average Bonchev–Trinajstić information content (AvgIpc) is 2.67. The van der Waals surface area contributed by atoms with Crippen LogP contribution < -0.4 is 5.32 Å². The molecule has 0 radical (unpaired) electrons. The van der Waals surface area contributed by atoms with Crippen LogP contribution in [-0.2, 0) is 11.2 Å². The zero-order valence-corrected chi connectivity index (χ0v) is 14.9. The van der Waals surface area contributed by atoms with Crippen molar-refractivity contribution in [3.05, 3.63) is 70.7 Å². The van der Waals surface area contributed by atoms with Gasteiger partial charge >= 0.3 is 0 Å². The molecule has 0 spiro atoms. The van der Waals surface area contributed by atoms with Gasteiger partial charge in [-0.3, -0.25) is 9.69 Å². The summed E-state index contributed by atoms with van der Waals surface area (Å²) in [7, 11) is 0. The van der Waals surface area contributed by atoms with E-state index in [1.54, 1.807) is 12.1 Å². The van der Waals surface area contributed by atoms with Crippen LogP contribution in [0.3, 0.4) is 0 Å². The lowest BCUT2D eigenvalue weighted by Gasteiger charge is -2.34. The highest BCUT2D eigenvalue weighted by Crippen LogP contribution is 2.15. The number of carbonyl (C=O) groups excluding carboxylic acids is 1. The molecule has 1 amide bonds. The van der Waals surface area contributed by atoms with E-state index in [1.807, 2.05) is 30.3 Å². The van der Waals surface area contributed by atoms with E-state index >= 15 is 0 Å². The van der Waals surface area contributed by atoms with Crippen molar-refractivity contribution in [1.29, 1.82) is 0 Å². The van der Waals surface area contributed by atoms with Crippen molar-refractivity contribution < 1.29 is 9.53 Å². The highest BCUT2D eigenvalue weighted by atomic mass is 35.5. The Bertz CT molecular complexity index is 687. The smallest absolute Gasteiger partial charge is 0.252 e. The Morgan fingerprint density at radius 1 is 1.08 bits per heavy atom. The molecule has 5 heteroatoms. The van der Waals surface area contributed by atoms with Crippen LogP contribution in [0.25, 0.3) is 0 Å². The highest BCUT2D eigenvalue weighted by molar-refractivity contribution is 6.33. The van der Waals surface area contributed by atoms with Crippen LogP contribution in [0.15, 0.2) is 54.6 Å². The predicted octanol–water partition coefficient (Wildman–Crippen LogP) is 3.01. The molecule has 1 aliphatic rings. The lowest BCUT2D eigenvalue weighted by atomic mass is 10.0. The number of hydrogen-bond donors (Lipinski definition) is 1. The van der Waals surface area contributed by atoms with Crippen molar-refractivity contribution >= 4 is 17.5 Å². The Kier molecular flexibility index (Phi) is 6.45. The summed E-state index contributed by atoms with van der Waals surface area (Å²) in [6.07, 6.45) is 0.893. The zero-order valence-electron chi connectivity index (χ0n) is 14.2. The van der Waals surface area contributed by atoms with Crippen LogP contribution in [0.2, 0.25) is 5.02 Å². The fourth-order valence-corrected chi connectivity index (χ4v) is 3.33. The fraction of sp³-hybridized carbons (Fsp3) is 0.350. The van der Waals surface area contributed by atoms with Crippen molar-refractivity contribution in [1.82, 2.24) is 10.2 Å². The van der Waals surface area contributed by atoms with E-state index in [0.717, 1.165) is 32.7 Å². The van der Waals surface area contributed by atoms with E-state index in [0.29, 0.717) is 17.1 Å². The Balaban J connectivity index is 1.66. The summed E-state index contributed by atoms with van der Waals surface area (Å²) >= 11 is 6.13. The molecule has 1 aliphatic heterocycles. The van der Waals surface area contributed by atoms with E-state index in [-0.39, 0.29) is 11.9 Å². The van der Waals surface area contributed by atoms with Crippen LogP contribution in [0.1, 0.15) is 15.9 Å². The quantitative estimate of drug-likeness (QED) is 0.863. The maximum absolute atomic E-state index is 12.5. The van der Waals surface area contributed by atoms with Gasteiger partial charge in [0.05, 0.1) is 23.8 Å². The molecule has 1 saturated heterocycles. The monoisotopic (exact) mass is 358 g/mol. The van der Waals surface area contributed by atoms with Crippen molar-refractivity contribution in [2.75, 3.05) is 32.8 Å². The third-order valence-corrected chi connectivity index (χ3v) is 4.82. The van der Waals surface area contributed by atoms with Gasteiger partial charge in [-0.05, 0) is 24.1 Å². The Morgan fingerprint density at radius 3 is 2.48 bits per heavy atom. The number of ether oxygens (including phenoxy) is 1. The number of amides is 1. The molecule has 1 fully saturated rings. The minimum absolute atomic E-state index is 0.128. The van der Waals surface area contributed by atoms with Gasteiger partial charge in [-0.15, -0.1) is 0 Å². The first-order valence-electron chi connectivity index (χ1n) is 8.62. The molecule has 1 atom stereocenters. The molecule has 2 aromatic carbocycles. The Labute approximate surface area is 153 Å². The summed E-state index contributed by atoms with van der Waals surface area (Å²) in [6.45, 7) is 3.84. The summed E-state index contributed by atoms with van der Waals surface area (Å²) in [5, 5.41) is 3.53. The number of benzene rings is 2. The molecule has 3 rings (SSSR count). The summed E-state index contributed by atoms with van der Waals surface area (Å²) < 4.78 is 5.46. The molecule has 2 aromatic rings. The molecular formula is C20H23ClN2O2. The molecule has 0 saturated carbocycles. The lowest BCUT2D eigenvalue weighted by Crippen LogP contribution is -2.49. The highest BCUT2D eigenvalue weighted by Gasteiger charge is 2.22. The minimum atomic E-state index is -0.128. The summed E-state index contributed by atoms with van der Waals surface area (Å²) in [5.74, 6) is -0.128. The van der Waals surface area contributed by atoms with Crippen LogP contribution in [0.4, 0.5) is 0 Å². The SMILES string of the molecule is O=C(NCC(Cc1ccccc1)N1CCOCC1)c1ccccc1Cl. The molecular weight excluding hydrogens is 336 g/mol. The number of hydrogen-bond acceptors (Lipinski definition) is 3. The van der Waals surface area contributed by atoms with Crippen molar-refractivity contribution in [2.45, 2.75) is 12.5 Å². The van der Waals surface area contributed by atoms with Gasteiger partial charge in [0.2, 0.25) is 0 Å². The molecule has 1 heterocycles. The van der Waals surface area contributed by atoms with Gasteiger partial charge in [-0.2, -0.15) is 0 Å². The molecule has 132 valence electrons. The largest absolute Gasteiger partial charge is 0.379 e. The second-order valence-corrected chi connectivity index (χ2v) is 6.59. The number of nitrogens with one attached hydrogen (secondary N) is 1. The molecule has 0 aromatic heterocycles. The normalized spacial score (nSPS) is 16.4. The number of nitrogens with zero attached hydrogens (tertiary/aromatic N) is 1. The van der Waals surface area contributed by atoms with E-state index < -0.39 is 0 Å². The van der Waals surface area contributed by atoms with E-state index in [2.05, 4.69) is 22.3 Å². The molecule has 0 bridgehead atoms. The van der Waals surface area contributed by atoms with Gasteiger partial charge in [-0.1, -0.05) is 54.1 Å². The van der Waals surface area contributed by atoms with Crippen molar-refractivity contribution in [3.63, 3.8) is 0 Å². The second kappa shape index (κ2) is 8.99. The Morgan fingerprint density at radius 2 is 1.76 bits per heavy atom. The molecule has 1 unspecified atom stereocenters. The Hall–Kier alpha value is -1.88. The maximum atomic E-state index is 12.5. The van der Waals surface area contributed by atoms with Crippen LogP contribution in [-0.4, -0.2) is 49.7 Å². The van der Waals surface area contributed by atoms with Crippen LogP contribution >= 0.6 is 11.6 Å². The molecule has 0 aliphatic carbocycles. The van der Waals surface area contributed by atoms with Gasteiger partial charge in [0.15, 0.2) is 0 Å². The van der Waals surface area contributed by atoms with Crippen molar-refractivity contribution in [2.24, 2.45) is 0 Å². The van der Waals surface area contributed by atoms with E-state index in [4.69, 9.17) is 16.3 Å². The first-order valence-corrected chi connectivity index (χ1v) is 9.00. The van der Waals surface area contributed by atoms with Crippen LogP contribution in [0.5, 0.6) is 0 Å². The molecule has 4 nitrogen and oxygen atoms in total. The third-order valence-electron chi connectivity index (χ3n) is 4.49. The van der Waals surface area contributed by atoms with Gasteiger partial charge in [0, 0.05) is 25.7 Å². The lowest BCUT2D eigenvalue weighted by molar-refractivity contribution is 0.0167. The number of rotatable bonds is 6. The summed E-state index contributed by atoms with van der Waals surface area (Å²) in [5.41, 5.74) is 1.79. The summed E-state index contributed by atoms with van der Waals surface area (Å²) in [4.78, 5) is 14.9. The summed E-state index contributed by atoms with van der Waals surface area (Å²) in [6, 6.07) is 17.7. The number of morpholine rings is 1. The predicted molar refractivity (Wildman–Crippen MR) is 100 cm³/mol. The van der Waals surface area contributed by atoms with Crippen molar-refractivity contribution in [3.8, 4) is 0 Å². The average molecular weight is 359 g/mol. The molecule has 25 heavy (non-hydrogen) atoms. The first kappa shape index (κ1) is 17.9. The fourth-order valence-electron chi connectivity index (χ4n) is 3.11. The number of halogens is 1. The van der Waals surface area contributed by atoms with E-state index in [9.17, 15) is 4.79 Å². The second-order valence-electron chi connectivity index (χ2n) is 6.18.